The van der Waals surface area contributed by atoms with Crippen molar-refractivity contribution in [2.24, 2.45) is 0 Å². The third-order valence-corrected chi connectivity index (χ3v) is 4.07. The van der Waals surface area contributed by atoms with Gasteiger partial charge in [0.05, 0.1) is 11.0 Å². The van der Waals surface area contributed by atoms with Gasteiger partial charge in [-0.1, -0.05) is 40.2 Å². The summed E-state index contributed by atoms with van der Waals surface area (Å²) in [7, 11) is 0. The maximum absolute atomic E-state index is 14.8. The van der Waals surface area contributed by atoms with E-state index < -0.39 is 12.2 Å². The van der Waals surface area contributed by atoms with E-state index in [0.717, 1.165) is 9.04 Å². The number of rotatable bonds is 3. The van der Waals surface area contributed by atoms with Crippen LogP contribution >= 0.6 is 15.9 Å². The van der Waals surface area contributed by atoms with Crippen LogP contribution in [0.15, 0.2) is 53.0 Å². The largest absolute Gasteiger partial charge is 0.380 e. The van der Waals surface area contributed by atoms with Gasteiger partial charge in [-0.25, -0.2) is 4.98 Å². The molecule has 22 heavy (non-hydrogen) atoms. The normalized spacial score (nSPS) is 13.5. The monoisotopic (exact) mass is 366 g/mol. The van der Waals surface area contributed by atoms with Gasteiger partial charge in [-0.15, -0.1) is 0 Å². The lowest BCUT2D eigenvalue weighted by atomic mass is 10.1. The highest BCUT2D eigenvalue weighted by molar-refractivity contribution is 9.10. The van der Waals surface area contributed by atoms with Gasteiger partial charge in [-0.3, -0.25) is 4.57 Å². The Morgan fingerprint density at radius 2 is 1.77 bits per heavy atom. The number of para-hydroxylation sites is 2. The molecular weight excluding hydrogens is 354 g/mol. The van der Waals surface area contributed by atoms with Crippen LogP contribution in [0.1, 0.15) is 17.5 Å². The van der Waals surface area contributed by atoms with Crippen molar-refractivity contribution >= 4 is 27.0 Å². The zero-order valence-corrected chi connectivity index (χ0v) is 13.3. The van der Waals surface area contributed by atoms with Gasteiger partial charge in [0, 0.05) is 4.47 Å². The van der Waals surface area contributed by atoms with Crippen molar-refractivity contribution in [2.45, 2.75) is 19.1 Å². The molecule has 1 heterocycles. The van der Waals surface area contributed by atoms with E-state index in [4.69, 9.17) is 0 Å². The summed E-state index contributed by atoms with van der Waals surface area (Å²) in [6.07, 6.45) is -1.96. The van der Waals surface area contributed by atoms with E-state index in [1.807, 2.05) is 0 Å². The number of nitrogens with zero attached hydrogens (tertiary/aromatic N) is 2. The third-order valence-electron chi connectivity index (χ3n) is 3.54. The van der Waals surface area contributed by atoms with Gasteiger partial charge >= 0.3 is 6.05 Å². The second kappa shape index (κ2) is 5.44. The first-order valence-electron chi connectivity index (χ1n) is 6.67. The van der Waals surface area contributed by atoms with Gasteiger partial charge in [0.25, 0.3) is 0 Å². The Balaban J connectivity index is 2.11. The van der Waals surface area contributed by atoms with Crippen molar-refractivity contribution in [1.29, 1.82) is 0 Å². The molecule has 0 bridgehead atoms. The topological polar surface area (TPSA) is 38.0 Å². The molecule has 0 spiro atoms. The summed E-state index contributed by atoms with van der Waals surface area (Å²) in [4.78, 5) is 4.13. The molecule has 1 aromatic heterocycles. The first-order chi connectivity index (χ1) is 10.4. The average molecular weight is 367 g/mol. The van der Waals surface area contributed by atoms with E-state index in [0.29, 0.717) is 11.0 Å². The number of imidazole rings is 1. The van der Waals surface area contributed by atoms with Crippen molar-refractivity contribution in [1.82, 2.24) is 9.55 Å². The van der Waals surface area contributed by atoms with E-state index in [9.17, 15) is 13.9 Å². The van der Waals surface area contributed by atoms with Crippen molar-refractivity contribution in [2.75, 3.05) is 0 Å². The van der Waals surface area contributed by atoms with Crippen LogP contribution in [0.4, 0.5) is 8.78 Å². The lowest BCUT2D eigenvalue weighted by Crippen LogP contribution is -2.31. The summed E-state index contributed by atoms with van der Waals surface area (Å²) < 4.78 is 31.2. The maximum Gasteiger partial charge on any atom is 0.360 e. The Morgan fingerprint density at radius 1 is 1.14 bits per heavy atom. The molecule has 2 aromatic carbocycles. The number of hydrogen-bond donors (Lipinski definition) is 1. The van der Waals surface area contributed by atoms with Gasteiger partial charge in [0.15, 0.2) is 6.10 Å². The number of aliphatic hydroxyl groups is 1. The standard InChI is InChI=1S/C16H13BrF2N2O/c1-10-20-13-4-2-3-5-14(13)21(10)16(18,19)15(22)11-6-8-12(17)9-7-11/h2-9,15,22H,1H3/t15-/m1/s1. The van der Waals surface area contributed by atoms with E-state index in [2.05, 4.69) is 20.9 Å². The molecule has 1 N–H and O–H groups in total. The fourth-order valence-corrected chi connectivity index (χ4v) is 2.75. The number of aliphatic hydroxyl groups excluding tert-OH is 1. The van der Waals surface area contributed by atoms with Crippen LogP contribution in [0.2, 0.25) is 0 Å². The molecular formula is C16H13BrF2N2O. The fraction of sp³-hybridized carbons (Fsp3) is 0.188. The molecule has 0 unspecified atom stereocenters. The second-order valence-electron chi connectivity index (χ2n) is 5.03. The van der Waals surface area contributed by atoms with E-state index in [1.165, 1.54) is 19.1 Å². The number of halogens is 3. The summed E-state index contributed by atoms with van der Waals surface area (Å²) >= 11 is 3.24. The summed E-state index contributed by atoms with van der Waals surface area (Å²) in [5, 5.41) is 10.2. The highest BCUT2D eigenvalue weighted by Crippen LogP contribution is 2.39. The van der Waals surface area contributed by atoms with Gasteiger partial charge < -0.3 is 5.11 Å². The smallest absolute Gasteiger partial charge is 0.360 e. The Labute approximate surface area is 134 Å². The fourth-order valence-electron chi connectivity index (χ4n) is 2.49. The second-order valence-corrected chi connectivity index (χ2v) is 5.94. The number of aryl methyl sites for hydroxylation is 1. The van der Waals surface area contributed by atoms with Gasteiger partial charge in [-0.2, -0.15) is 8.78 Å². The van der Waals surface area contributed by atoms with E-state index in [1.54, 1.807) is 36.4 Å². The quantitative estimate of drug-likeness (QED) is 0.746. The summed E-state index contributed by atoms with van der Waals surface area (Å²) in [6, 6.07) is 9.31. The SMILES string of the molecule is Cc1nc2ccccc2n1C(F)(F)[C@H](O)c1ccc(Br)cc1. The van der Waals surface area contributed by atoms with Crippen LogP contribution in [-0.2, 0) is 6.05 Å². The highest BCUT2D eigenvalue weighted by atomic mass is 79.9. The Hall–Kier alpha value is -1.79. The van der Waals surface area contributed by atoms with Crippen molar-refractivity contribution in [3.05, 3.63) is 64.4 Å². The predicted octanol–water partition coefficient (Wildman–Crippen LogP) is 4.39. The molecule has 0 aliphatic heterocycles. The van der Waals surface area contributed by atoms with Crippen molar-refractivity contribution in [3.63, 3.8) is 0 Å². The number of alkyl halides is 2. The Bertz CT molecular complexity index is 815. The molecule has 0 saturated heterocycles. The number of aromatic nitrogens is 2. The summed E-state index contributed by atoms with van der Waals surface area (Å²) in [5.74, 6) is 0.155. The Morgan fingerprint density at radius 3 is 2.45 bits per heavy atom. The first-order valence-corrected chi connectivity index (χ1v) is 7.46. The zero-order chi connectivity index (χ0) is 15.9. The maximum atomic E-state index is 14.8. The van der Waals surface area contributed by atoms with Crippen LogP contribution in [0.3, 0.4) is 0 Å². The van der Waals surface area contributed by atoms with Gasteiger partial charge in [-0.05, 0) is 36.8 Å². The lowest BCUT2D eigenvalue weighted by molar-refractivity contribution is -0.173. The molecule has 6 heteroatoms. The molecule has 3 rings (SSSR count). The van der Waals surface area contributed by atoms with Crippen molar-refractivity contribution < 1.29 is 13.9 Å². The Kier molecular flexibility index (Phi) is 3.74. The van der Waals surface area contributed by atoms with Crippen LogP contribution in [0.25, 0.3) is 11.0 Å². The van der Waals surface area contributed by atoms with Gasteiger partial charge in [0.1, 0.15) is 5.82 Å². The molecule has 0 saturated carbocycles. The molecule has 0 aliphatic carbocycles. The minimum atomic E-state index is -3.51. The summed E-state index contributed by atoms with van der Waals surface area (Å²) in [6.45, 7) is 1.50. The zero-order valence-electron chi connectivity index (χ0n) is 11.7. The number of hydrogen-bond acceptors (Lipinski definition) is 2. The third kappa shape index (κ3) is 2.42. The first kappa shape index (κ1) is 15.1. The van der Waals surface area contributed by atoms with E-state index >= 15 is 0 Å². The molecule has 0 radical (unpaired) electrons. The molecule has 0 amide bonds. The predicted molar refractivity (Wildman–Crippen MR) is 83.8 cm³/mol. The highest BCUT2D eigenvalue weighted by Gasteiger charge is 2.43. The lowest BCUT2D eigenvalue weighted by Gasteiger charge is -2.25. The minimum Gasteiger partial charge on any atom is -0.380 e. The number of fused-ring (bicyclic) bond motifs is 1. The van der Waals surface area contributed by atoms with Crippen molar-refractivity contribution in [3.8, 4) is 0 Å². The van der Waals surface area contributed by atoms with Crippen LogP contribution < -0.4 is 0 Å². The molecule has 1 atom stereocenters. The molecule has 114 valence electrons. The van der Waals surface area contributed by atoms with Gasteiger partial charge in [0.2, 0.25) is 0 Å². The van der Waals surface area contributed by atoms with E-state index in [-0.39, 0.29) is 11.4 Å². The summed E-state index contributed by atoms with van der Waals surface area (Å²) in [5.41, 5.74) is 0.911. The molecule has 0 fully saturated rings. The minimum absolute atomic E-state index is 0.144. The van der Waals surface area contributed by atoms with Crippen LogP contribution in [0.5, 0.6) is 0 Å². The average Bonchev–Trinajstić information content (AvgIpc) is 2.83. The number of benzene rings is 2. The molecule has 0 aliphatic rings. The van der Waals surface area contributed by atoms with Crippen LogP contribution in [-0.4, -0.2) is 14.7 Å². The molecule has 3 aromatic rings. The molecule has 3 nitrogen and oxygen atoms in total. The van der Waals surface area contributed by atoms with Crippen LogP contribution in [0, 0.1) is 6.92 Å².